The number of benzene rings is 2. The van der Waals surface area contributed by atoms with E-state index in [9.17, 15) is 4.79 Å². The summed E-state index contributed by atoms with van der Waals surface area (Å²) in [7, 11) is 1.59. The van der Waals surface area contributed by atoms with Gasteiger partial charge in [-0.05, 0) is 56.7 Å². The summed E-state index contributed by atoms with van der Waals surface area (Å²) in [6, 6.07) is 14.9. The summed E-state index contributed by atoms with van der Waals surface area (Å²) in [5, 5.41) is 15.0. The van der Waals surface area contributed by atoms with Crippen molar-refractivity contribution in [2.24, 2.45) is 0 Å². The number of nitrogens with one attached hydrogen (secondary N) is 1. The standard InChI is InChI=1S/C16H14BrN5O2S/c1-24-14-8-7-11(9-13(14)17)18-15(23)10-25-16-19-20-21-22(16)12-5-3-2-4-6-12/h2-9H,10H2,1H3,(H,18,23). The average molecular weight is 420 g/mol. The van der Waals surface area contributed by atoms with Crippen LogP contribution in [0.4, 0.5) is 5.69 Å². The van der Waals surface area contributed by atoms with Crippen LogP contribution in [0.5, 0.6) is 5.75 Å². The minimum absolute atomic E-state index is 0.148. The van der Waals surface area contributed by atoms with Gasteiger partial charge in [-0.2, -0.15) is 4.68 Å². The van der Waals surface area contributed by atoms with Crippen molar-refractivity contribution in [1.29, 1.82) is 0 Å². The Labute approximate surface area is 156 Å². The highest BCUT2D eigenvalue weighted by molar-refractivity contribution is 9.10. The van der Waals surface area contributed by atoms with Gasteiger partial charge in [0.15, 0.2) is 0 Å². The Hall–Kier alpha value is -2.39. The number of carbonyl (C=O) groups excluding carboxylic acids is 1. The Morgan fingerprint density at radius 2 is 2.08 bits per heavy atom. The quantitative estimate of drug-likeness (QED) is 0.617. The van der Waals surface area contributed by atoms with E-state index in [0.29, 0.717) is 16.6 Å². The number of carbonyl (C=O) groups is 1. The smallest absolute Gasteiger partial charge is 0.234 e. The van der Waals surface area contributed by atoms with Crippen molar-refractivity contribution in [3.63, 3.8) is 0 Å². The van der Waals surface area contributed by atoms with Gasteiger partial charge in [-0.3, -0.25) is 4.79 Å². The topological polar surface area (TPSA) is 81.9 Å². The largest absolute Gasteiger partial charge is 0.496 e. The van der Waals surface area contributed by atoms with E-state index in [0.717, 1.165) is 10.2 Å². The first kappa shape index (κ1) is 17.4. The van der Waals surface area contributed by atoms with Crippen molar-refractivity contribution in [2.45, 2.75) is 5.16 Å². The van der Waals surface area contributed by atoms with Crippen LogP contribution in [0.25, 0.3) is 5.69 Å². The number of thioether (sulfide) groups is 1. The monoisotopic (exact) mass is 419 g/mol. The van der Waals surface area contributed by atoms with E-state index in [1.807, 2.05) is 30.3 Å². The molecule has 0 saturated carbocycles. The minimum Gasteiger partial charge on any atom is -0.496 e. The minimum atomic E-state index is -0.148. The molecule has 0 radical (unpaired) electrons. The molecule has 0 fully saturated rings. The molecule has 3 aromatic rings. The van der Waals surface area contributed by atoms with Gasteiger partial charge in [0.05, 0.1) is 23.0 Å². The number of anilines is 1. The number of amides is 1. The fraction of sp³-hybridized carbons (Fsp3) is 0.125. The van der Waals surface area contributed by atoms with E-state index < -0.39 is 0 Å². The van der Waals surface area contributed by atoms with Crippen molar-refractivity contribution in [3.8, 4) is 11.4 Å². The number of ether oxygens (including phenoxy) is 1. The Kier molecular flexibility index (Phi) is 5.67. The molecule has 7 nitrogen and oxygen atoms in total. The molecular weight excluding hydrogens is 406 g/mol. The summed E-state index contributed by atoms with van der Waals surface area (Å²) in [5.41, 5.74) is 1.52. The third-order valence-electron chi connectivity index (χ3n) is 3.21. The summed E-state index contributed by atoms with van der Waals surface area (Å²) in [4.78, 5) is 12.2. The van der Waals surface area contributed by atoms with Crippen molar-refractivity contribution in [1.82, 2.24) is 20.2 Å². The average Bonchev–Trinajstić information content (AvgIpc) is 3.09. The molecule has 1 heterocycles. The summed E-state index contributed by atoms with van der Waals surface area (Å²) in [6.45, 7) is 0. The third-order valence-corrected chi connectivity index (χ3v) is 4.75. The number of para-hydroxylation sites is 1. The molecule has 1 aromatic heterocycles. The van der Waals surface area contributed by atoms with E-state index in [1.165, 1.54) is 11.8 Å². The van der Waals surface area contributed by atoms with Gasteiger partial charge in [-0.25, -0.2) is 0 Å². The lowest BCUT2D eigenvalue weighted by atomic mass is 10.3. The second-order valence-electron chi connectivity index (χ2n) is 4.89. The van der Waals surface area contributed by atoms with Crippen LogP contribution in [0.2, 0.25) is 0 Å². The van der Waals surface area contributed by atoms with Crippen LogP contribution in [-0.4, -0.2) is 39.0 Å². The van der Waals surface area contributed by atoms with E-state index in [-0.39, 0.29) is 11.7 Å². The molecule has 1 amide bonds. The van der Waals surface area contributed by atoms with Crippen LogP contribution < -0.4 is 10.1 Å². The van der Waals surface area contributed by atoms with Crippen LogP contribution in [0.3, 0.4) is 0 Å². The third kappa shape index (κ3) is 4.37. The first-order valence-electron chi connectivity index (χ1n) is 7.27. The van der Waals surface area contributed by atoms with Crippen LogP contribution in [0.1, 0.15) is 0 Å². The second kappa shape index (κ2) is 8.13. The molecule has 0 spiro atoms. The Bertz CT molecular complexity index is 872. The highest BCUT2D eigenvalue weighted by Crippen LogP contribution is 2.28. The summed E-state index contributed by atoms with van der Waals surface area (Å²) in [5.74, 6) is 0.746. The lowest BCUT2D eigenvalue weighted by Gasteiger charge is -2.08. The number of methoxy groups -OCH3 is 1. The molecular formula is C16H14BrN5O2S. The molecule has 0 saturated heterocycles. The van der Waals surface area contributed by atoms with Crippen LogP contribution in [0.15, 0.2) is 58.2 Å². The summed E-state index contributed by atoms with van der Waals surface area (Å²) in [6.07, 6.45) is 0. The van der Waals surface area contributed by atoms with Gasteiger partial charge in [-0.1, -0.05) is 30.0 Å². The second-order valence-corrected chi connectivity index (χ2v) is 6.69. The first-order chi connectivity index (χ1) is 12.2. The van der Waals surface area contributed by atoms with Gasteiger partial charge >= 0.3 is 0 Å². The van der Waals surface area contributed by atoms with Crippen molar-refractivity contribution < 1.29 is 9.53 Å². The maximum absolute atomic E-state index is 12.2. The molecule has 25 heavy (non-hydrogen) atoms. The van der Waals surface area contributed by atoms with E-state index >= 15 is 0 Å². The lowest BCUT2D eigenvalue weighted by molar-refractivity contribution is -0.113. The zero-order valence-electron chi connectivity index (χ0n) is 13.2. The number of nitrogens with zero attached hydrogens (tertiary/aromatic N) is 4. The molecule has 1 N–H and O–H groups in total. The molecule has 0 bridgehead atoms. The van der Waals surface area contributed by atoms with Gasteiger partial charge < -0.3 is 10.1 Å². The molecule has 0 unspecified atom stereocenters. The van der Waals surface area contributed by atoms with Crippen molar-refractivity contribution in [3.05, 3.63) is 53.0 Å². The molecule has 2 aromatic carbocycles. The van der Waals surface area contributed by atoms with Gasteiger partial charge in [0, 0.05) is 5.69 Å². The SMILES string of the molecule is COc1ccc(NC(=O)CSc2nnnn2-c2ccccc2)cc1Br. The number of tetrazole rings is 1. The zero-order chi connectivity index (χ0) is 17.6. The molecule has 0 atom stereocenters. The fourth-order valence-electron chi connectivity index (χ4n) is 2.07. The Morgan fingerprint density at radius 1 is 1.28 bits per heavy atom. The number of hydrogen-bond acceptors (Lipinski definition) is 6. The number of hydrogen-bond donors (Lipinski definition) is 1. The van der Waals surface area contributed by atoms with Gasteiger partial charge in [0.2, 0.25) is 11.1 Å². The normalized spacial score (nSPS) is 10.5. The molecule has 0 aliphatic carbocycles. The van der Waals surface area contributed by atoms with Crippen molar-refractivity contribution >= 4 is 39.3 Å². The maximum atomic E-state index is 12.2. The van der Waals surface area contributed by atoms with E-state index in [1.54, 1.807) is 30.0 Å². The van der Waals surface area contributed by atoms with Gasteiger partial charge in [-0.15, -0.1) is 5.10 Å². The highest BCUT2D eigenvalue weighted by Gasteiger charge is 2.12. The summed E-state index contributed by atoms with van der Waals surface area (Å²) < 4.78 is 7.54. The van der Waals surface area contributed by atoms with Crippen LogP contribution in [0, 0.1) is 0 Å². The van der Waals surface area contributed by atoms with Gasteiger partial charge in [0.1, 0.15) is 5.75 Å². The maximum Gasteiger partial charge on any atom is 0.234 e. The predicted octanol–water partition coefficient (Wildman–Crippen LogP) is 3.16. The zero-order valence-corrected chi connectivity index (χ0v) is 15.6. The predicted molar refractivity (Wildman–Crippen MR) is 99.2 cm³/mol. The number of rotatable bonds is 6. The molecule has 128 valence electrons. The molecule has 0 aliphatic rings. The van der Waals surface area contributed by atoms with Crippen LogP contribution in [-0.2, 0) is 4.79 Å². The fourth-order valence-corrected chi connectivity index (χ4v) is 3.30. The number of halogens is 1. The first-order valence-corrected chi connectivity index (χ1v) is 9.05. The van der Waals surface area contributed by atoms with Gasteiger partial charge in [0.25, 0.3) is 0 Å². The molecule has 3 rings (SSSR count). The van der Waals surface area contributed by atoms with Crippen LogP contribution >= 0.6 is 27.7 Å². The highest BCUT2D eigenvalue weighted by atomic mass is 79.9. The Morgan fingerprint density at radius 3 is 2.80 bits per heavy atom. The number of aromatic nitrogens is 4. The molecule has 0 aliphatic heterocycles. The summed E-state index contributed by atoms with van der Waals surface area (Å²) >= 11 is 4.66. The Balaban J connectivity index is 1.62. The van der Waals surface area contributed by atoms with E-state index in [4.69, 9.17) is 4.74 Å². The lowest BCUT2D eigenvalue weighted by Crippen LogP contribution is -2.14. The molecule has 9 heteroatoms. The van der Waals surface area contributed by atoms with E-state index in [2.05, 4.69) is 36.8 Å². The van der Waals surface area contributed by atoms with Crippen molar-refractivity contribution in [2.75, 3.05) is 18.2 Å².